The molecule has 1 atom stereocenters. The van der Waals surface area contributed by atoms with Gasteiger partial charge in [0.2, 0.25) is 0 Å². The van der Waals surface area contributed by atoms with E-state index in [2.05, 4.69) is 17.0 Å². The quantitative estimate of drug-likeness (QED) is 0.795. The third-order valence-electron chi connectivity index (χ3n) is 3.18. The summed E-state index contributed by atoms with van der Waals surface area (Å²) in [5.41, 5.74) is 6.93. The van der Waals surface area contributed by atoms with Crippen molar-refractivity contribution in [1.29, 1.82) is 0 Å². The molecular weight excluding hydrogens is 200 g/mol. The van der Waals surface area contributed by atoms with Crippen LogP contribution in [0.5, 0.6) is 0 Å². The number of nitrogens with two attached hydrogens (primary N) is 1. The molecule has 1 saturated heterocycles. The highest BCUT2D eigenvalue weighted by molar-refractivity contribution is 5.80. The Morgan fingerprint density at radius 2 is 2.19 bits per heavy atom. The number of furan rings is 1. The molecule has 1 aliphatic heterocycles. The lowest BCUT2D eigenvalue weighted by Gasteiger charge is -2.30. The summed E-state index contributed by atoms with van der Waals surface area (Å²) < 4.78 is 5.83. The SMILES string of the molecule is NC1CCCN(c2cc3ccccc3o2)C1. The van der Waals surface area contributed by atoms with Crippen molar-refractivity contribution in [2.24, 2.45) is 5.73 Å². The van der Waals surface area contributed by atoms with Gasteiger partial charge in [-0.25, -0.2) is 0 Å². The molecule has 2 N–H and O–H groups in total. The number of para-hydroxylation sites is 1. The number of anilines is 1. The largest absolute Gasteiger partial charge is 0.441 e. The Bertz CT molecular complexity index is 458. The molecule has 3 heteroatoms. The second-order valence-electron chi connectivity index (χ2n) is 4.47. The van der Waals surface area contributed by atoms with Crippen LogP contribution in [-0.2, 0) is 0 Å². The highest BCUT2D eigenvalue weighted by Gasteiger charge is 2.19. The summed E-state index contributed by atoms with van der Waals surface area (Å²) in [4.78, 5) is 2.24. The normalized spacial score (nSPS) is 21.6. The van der Waals surface area contributed by atoms with E-state index in [1.807, 2.05) is 18.2 Å². The van der Waals surface area contributed by atoms with Gasteiger partial charge in [0.15, 0.2) is 5.88 Å². The van der Waals surface area contributed by atoms with E-state index in [0.29, 0.717) is 0 Å². The van der Waals surface area contributed by atoms with Crippen LogP contribution in [0.15, 0.2) is 34.7 Å². The summed E-state index contributed by atoms with van der Waals surface area (Å²) in [6.45, 7) is 1.95. The maximum Gasteiger partial charge on any atom is 0.196 e. The van der Waals surface area contributed by atoms with Crippen LogP contribution in [0.1, 0.15) is 12.8 Å². The van der Waals surface area contributed by atoms with Crippen molar-refractivity contribution in [3.8, 4) is 0 Å². The zero-order valence-electron chi connectivity index (χ0n) is 9.23. The topological polar surface area (TPSA) is 42.4 Å². The van der Waals surface area contributed by atoms with Crippen LogP contribution in [0.4, 0.5) is 5.88 Å². The number of rotatable bonds is 1. The smallest absolute Gasteiger partial charge is 0.196 e. The Kier molecular flexibility index (Phi) is 2.33. The van der Waals surface area contributed by atoms with Crippen molar-refractivity contribution < 1.29 is 4.42 Å². The van der Waals surface area contributed by atoms with E-state index in [9.17, 15) is 0 Å². The van der Waals surface area contributed by atoms with Gasteiger partial charge in [0.25, 0.3) is 0 Å². The van der Waals surface area contributed by atoms with Gasteiger partial charge in [0, 0.05) is 30.6 Å². The molecule has 2 aromatic rings. The van der Waals surface area contributed by atoms with Crippen molar-refractivity contribution in [2.75, 3.05) is 18.0 Å². The van der Waals surface area contributed by atoms with E-state index < -0.39 is 0 Å². The summed E-state index contributed by atoms with van der Waals surface area (Å²) >= 11 is 0. The molecule has 0 aliphatic carbocycles. The summed E-state index contributed by atoms with van der Waals surface area (Å²) in [5.74, 6) is 0.955. The highest BCUT2D eigenvalue weighted by atomic mass is 16.4. The summed E-state index contributed by atoms with van der Waals surface area (Å²) in [6, 6.07) is 10.5. The molecule has 1 fully saturated rings. The van der Waals surface area contributed by atoms with Crippen LogP contribution in [0, 0.1) is 0 Å². The average molecular weight is 216 g/mol. The molecular formula is C13H16N2O. The van der Waals surface area contributed by atoms with Crippen LogP contribution in [-0.4, -0.2) is 19.1 Å². The van der Waals surface area contributed by atoms with Crippen LogP contribution < -0.4 is 10.6 Å². The van der Waals surface area contributed by atoms with E-state index in [1.165, 1.54) is 0 Å². The number of hydrogen-bond acceptors (Lipinski definition) is 3. The van der Waals surface area contributed by atoms with Gasteiger partial charge < -0.3 is 15.1 Å². The van der Waals surface area contributed by atoms with Crippen LogP contribution in [0.2, 0.25) is 0 Å². The van der Waals surface area contributed by atoms with Gasteiger partial charge in [0.05, 0.1) is 0 Å². The highest BCUT2D eigenvalue weighted by Crippen LogP contribution is 2.27. The molecule has 1 aromatic heterocycles. The second-order valence-corrected chi connectivity index (χ2v) is 4.47. The Labute approximate surface area is 94.8 Å². The predicted octanol–water partition coefficient (Wildman–Crippen LogP) is 2.36. The van der Waals surface area contributed by atoms with Gasteiger partial charge in [-0.1, -0.05) is 18.2 Å². The number of benzene rings is 1. The molecule has 2 heterocycles. The monoisotopic (exact) mass is 216 g/mol. The van der Waals surface area contributed by atoms with E-state index in [4.69, 9.17) is 10.2 Å². The zero-order chi connectivity index (χ0) is 11.0. The van der Waals surface area contributed by atoms with Gasteiger partial charge in [-0.15, -0.1) is 0 Å². The first kappa shape index (κ1) is 9.73. The van der Waals surface area contributed by atoms with E-state index in [-0.39, 0.29) is 6.04 Å². The third-order valence-corrected chi connectivity index (χ3v) is 3.18. The lowest BCUT2D eigenvalue weighted by Crippen LogP contribution is -2.42. The number of nitrogens with zero attached hydrogens (tertiary/aromatic N) is 1. The Morgan fingerprint density at radius 3 is 3.00 bits per heavy atom. The fraction of sp³-hybridized carbons (Fsp3) is 0.385. The van der Waals surface area contributed by atoms with Crippen LogP contribution in [0.3, 0.4) is 0 Å². The molecule has 0 radical (unpaired) electrons. The molecule has 3 rings (SSSR count). The molecule has 0 amide bonds. The Balaban J connectivity index is 1.93. The Morgan fingerprint density at radius 1 is 1.31 bits per heavy atom. The van der Waals surface area contributed by atoms with Crippen molar-refractivity contribution in [3.05, 3.63) is 30.3 Å². The first-order valence-electron chi connectivity index (χ1n) is 5.82. The number of hydrogen-bond donors (Lipinski definition) is 1. The summed E-state index contributed by atoms with van der Waals surface area (Å²) in [7, 11) is 0. The average Bonchev–Trinajstić information content (AvgIpc) is 2.72. The molecule has 0 bridgehead atoms. The zero-order valence-corrected chi connectivity index (χ0v) is 9.23. The maximum absolute atomic E-state index is 5.97. The van der Waals surface area contributed by atoms with Crippen molar-refractivity contribution in [3.63, 3.8) is 0 Å². The van der Waals surface area contributed by atoms with E-state index in [1.54, 1.807) is 0 Å². The lowest BCUT2D eigenvalue weighted by molar-refractivity contribution is 0.473. The van der Waals surface area contributed by atoms with Crippen molar-refractivity contribution >= 4 is 16.9 Å². The first-order chi connectivity index (χ1) is 7.83. The van der Waals surface area contributed by atoms with Crippen molar-refractivity contribution in [1.82, 2.24) is 0 Å². The first-order valence-corrected chi connectivity index (χ1v) is 5.82. The van der Waals surface area contributed by atoms with Gasteiger partial charge >= 0.3 is 0 Å². The number of piperidine rings is 1. The molecule has 1 unspecified atom stereocenters. The molecule has 1 aliphatic rings. The molecule has 0 saturated carbocycles. The molecule has 84 valence electrons. The van der Waals surface area contributed by atoms with E-state index in [0.717, 1.165) is 42.8 Å². The van der Waals surface area contributed by atoms with Crippen LogP contribution >= 0.6 is 0 Å². The van der Waals surface area contributed by atoms with Gasteiger partial charge in [0.1, 0.15) is 5.58 Å². The van der Waals surface area contributed by atoms with Gasteiger partial charge in [-0.3, -0.25) is 0 Å². The van der Waals surface area contributed by atoms with E-state index >= 15 is 0 Å². The fourth-order valence-corrected chi connectivity index (χ4v) is 2.33. The number of fused-ring (bicyclic) bond motifs is 1. The second kappa shape index (κ2) is 3.83. The summed E-state index contributed by atoms with van der Waals surface area (Å²) in [6.07, 6.45) is 2.27. The fourth-order valence-electron chi connectivity index (χ4n) is 2.33. The molecule has 0 spiro atoms. The lowest BCUT2D eigenvalue weighted by atomic mass is 10.1. The van der Waals surface area contributed by atoms with Crippen LogP contribution in [0.25, 0.3) is 11.0 Å². The predicted molar refractivity (Wildman–Crippen MR) is 65.6 cm³/mol. The molecule has 1 aromatic carbocycles. The molecule has 3 nitrogen and oxygen atoms in total. The van der Waals surface area contributed by atoms with Crippen molar-refractivity contribution in [2.45, 2.75) is 18.9 Å². The minimum Gasteiger partial charge on any atom is -0.441 e. The minimum absolute atomic E-state index is 0.280. The van der Waals surface area contributed by atoms with Gasteiger partial charge in [-0.05, 0) is 18.9 Å². The maximum atomic E-state index is 5.97. The van der Waals surface area contributed by atoms with Gasteiger partial charge in [-0.2, -0.15) is 0 Å². The Hall–Kier alpha value is -1.48. The third kappa shape index (κ3) is 1.67. The summed E-state index contributed by atoms with van der Waals surface area (Å²) in [5, 5.41) is 1.16. The standard InChI is InChI=1S/C13H16N2O/c14-11-5-3-7-15(9-11)13-8-10-4-1-2-6-12(10)16-13/h1-2,4,6,8,11H,3,5,7,9,14H2. The molecule has 16 heavy (non-hydrogen) atoms. The minimum atomic E-state index is 0.280.